The Kier molecular flexibility index (Phi) is 4.16. The first-order valence-electron chi connectivity index (χ1n) is 6.73. The maximum atomic E-state index is 12.6. The molecular formula is C15H21ClN2O. The molecule has 3 rings (SSSR count). The summed E-state index contributed by atoms with van der Waals surface area (Å²) in [6.45, 7) is 8.04. The van der Waals surface area contributed by atoms with Crippen LogP contribution in [0.4, 0.5) is 0 Å². The van der Waals surface area contributed by atoms with E-state index >= 15 is 0 Å². The van der Waals surface area contributed by atoms with Crippen molar-refractivity contribution in [2.45, 2.75) is 13.8 Å². The van der Waals surface area contributed by atoms with Crippen molar-refractivity contribution in [3.8, 4) is 0 Å². The average molecular weight is 281 g/mol. The number of carbonyl (C=O) groups excluding carboxylic acids is 1. The van der Waals surface area contributed by atoms with Gasteiger partial charge in [0.2, 0.25) is 0 Å². The molecule has 0 unspecified atom stereocenters. The molecule has 2 saturated heterocycles. The number of nitrogens with zero attached hydrogens (tertiary/aromatic N) is 1. The Labute approximate surface area is 120 Å². The summed E-state index contributed by atoms with van der Waals surface area (Å²) < 4.78 is 0. The van der Waals surface area contributed by atoms with Gasteiger partial charge in [-0.05, 0) is 36.8 Å². The number of halogens is 1. The van der Waals surface area contributed by atoms with E-state index in [1.165, 1.54) is 0 Å². The lowest BCUT2D eigenvalue weighted by Crippen LogP contribution is -2.32. The third kappa shape index (κ3) is 2.49. The van der Waals surface area contributed by atoms with Gasteiger partial charge in [0.1, 0.15) is 0 Å². The predicted octanol–water partition coefficient (Wildman–Crippen LogP) is 2.02. The van der Waals surface area contributed by atoms with Gasteiger partial charge in [0.25, 0.3) is 5.91 Å². The molecule has 0 aromatic heterocycles. The summed E-state index contributed by atoms with van der Waals surface area (Å²) in [4.78, 5) is 14.7. The van der Waals surface area contributed by atoms with Crippen molar-refractivity contribution in [2.75, 3.05) is 26.2 Å². The predicted molar refractivity (Wildman–Crippen MR) is 78.9 cm³/mol. The van der Waals surface area contributed by atoms with E-state index < -0.39 is 0 Å². The van der Waals surface area contributed by atoms with E-state index in [4.69, 9.17) is 0 Å². The lowest BCUT2D eigenvalue weighted by atomic mass is 10.0. The van der Waals surface area contributed by atoms with Crippen molar-refractivity contribution in [3.63, 3.8) is 0 Å². The first-order valence-corrected chi connectivity index (χ1v) is 6.73. The summed E-state index contributed by atoms with van der Waals surface area (Å²) in [6.07, 6.45) is 0. The highest BCUT2D eigenvalue weighted by Crippen LogP contribution is 2.28. The van der Waals surface area contributed by atoms with Gasteiger partial charge in [-0.15, -0.1) is 12.4 Å². The number of fused-ring (bicyclic) bond motifs is 1. The molecule has 1 aromatic rings. The van der Waals surface area contributed by atoms with E-state index in [1.54, 1.807) is 0 Å². The largest absolute Gasteiger partial charge is 0.338 e. The molecule has 0 bridgehead atoms. The second kappa shape index (κ2) is 5.51. The zero-order chi connectivity index (χ0) is 12.7. The SMILES string of the molecule is Cc1cccc(C)c1C(=O)N1C[C@H]2CNC[C@H]2C1.Cl. The van der Waals surface area contributed by atoms with Crippen LogP contribution in [0.5, 0.6) is 0 Å². The molecule has 2 heterocycles. The van der Waals surface area contributed by atoms with Crippen LogP contribution in [0.25, 0.3) is 0 Å². The summed E-state index contributed by atoms with van der Waals surface area (Å²) >= 11 is 0. The van der Waals surface area contributed by atoms with Crippen molar-refractivity contribution in [2.24, 2.45) is 11.8 Å². The minimum Gasteiger partial charge on any atom is -0.338 e. The molecule has 1 N–H and O–H groups in total. The van der Waals surface area contributed by atoms with Crippen LogP contribution in [0.1, 0.15) is 21.5 Å². The molecule has 2 fully saturated rings. The molecule has 2 aliphatic heterocycles. The maximum Gasteiger partial charge on any atom is 0.254 e. The molecule has 0 saturated carbocycles. The van der Waals surface area contributed by atoms with Crippen molar-refractivity contribution < 1.29 is 4.79 Å². The smallest absolute Gasteiger partial charge is 0.254 e. The van der Waals surface area contributed by atoms with Crippen LogP contribution >= 0.6 is 12.4 Å². The number of hydrogen-bond donors (Lipinski definition) is 1. The molecule has 2 aliphatic rings. The summed E-state index contributed by atoms with van der Waals surface area (Å²) in [6, 6.07) is 6.07. The normalized spacial score (nSPS) is 25.1. The number of likely N-dealkylation sites (tertiary alicyclic amines) is 1. The van der Waals surface area contributed by atoms with Crippen molar-refractivity contribution in [1.29, 1.82) is 0 Å². The van der Waals surface area contributed by atoms with Crippen LogP contribution in [0, 0.1) is 25.7 Å². The van der Waals surface area contributed by atoms with E-state index in [0.29, 0.717) is 11.8 Å². The Bertz CT molecular complexity index is 457. The minimum atomic E-state index is 0. The lowest BCUT2D eigenvalue weighted by molar-refractivity contribution is 0.0780. The zero-order valence-corrected chi connectivity index (χ0v) is 12.3. The number of nitrogens with one attached hydrogen (secondary N) is 1. The average Bonchev–Trinajstić information content (AvgIpc) is 2.88. The monoisotopic (exact) mass is 280 g/mol. The molecule has 0 spiro atoms. The van der Waals surface area contributed by atoms with Crippen LogP contribution in [0.15, 0.2) is 18.2 Å². The Hall–Kier alpha value is -1.06. The van der Waals surface area contributed by atoms with Crippen molar-refractivity contribution >= 4 is 18.3 Å². The molecule has 104 valence electrons. The van der Waals surface area contributed by atoms with E-state index in [2.05, 4.69) is 5.32 Å². The highest BCUT2D eigenvalue weighted by Gasteiger charge is 2.38. The fraction of sp³-hybridized carbons (Fsp3) is 0.533. The van der Waals surface area contributed by atoms with Gasteiger partial charge in [-0.2, -0.15) is 0 Å². The van der Waals surface area contributed by atoms with Crippen LogP contribution in [0.2, 0.25) is 0 Å². The minimum absolute atomic E-state index is 0. The van der Waals surface area contributed by atoms with Crippen LogP contribution < -0.4 is 5.32 Å². The molecule has 3 nitrogen and oxygen atoms in total. The fourth-order valence-corrected chi connectivity index (χ4v) is 3.33. The third-order valence-electron chi connectivity index (χ3n) is 4.37. The van der Waals surface area contributed by atoms with E-state index in [0.717, 1.165) is 42.9 Å². The summed E-state index contributed by atoms with van der Waals surface area (Å²) in [7, 11) is 0. The Balaban J connectivity index is 0.00000133. The lowest BCUT2D eigenvalue weighted by Gasteiger charge is -2.20. The van der Waals surface area contributed by atoms with Crippen LogP contribution in [-0.4, -0.2) is 37.0 Å². The van der Waals surface area contributed by atoms with E-state index in [9.17, 15) is 4.79 Å². The molecule has 0 radical (unpaired) electrons. The van der Waals surface area contributed by atoms with Gasteiger partial charge < -0.3 is 10.2 Å². The molecule has 19 heavy (non-hydrogen) atoms. The number of rotatable bonds is 1. The van der Waals surface area contributed by atoms with Gasteiger partial charge in [-0.3, -0.25) is 4.79 Å². The maximum absolute atomic E-state index is 12.6. The Morgan fingerprint density at radius 3 is 2.21 bits per heavy atom. The molecule has 0 aliphatic carbocycles. The van der Waals surface area contributed by atoms with Gasteiger partial charge in [-0.25, -0.2) is 0 Å². The van der Waals surface area contributed by atoms with Gasteiger partial charge in [0.15, 0.2) is 0 Å². The first-order chi connectivity index (χ1) is 8.66. The van der Waals surface area contributed by atoms with Crippen LogP contribution in [-0.2, 0) is 0 Å². The number of aryl methyl sites for hydroxylation is 2. The van der Waals surface area contributed by atoms with Gasteiger partial charge >= 0.3 is 0 Å². The van der Waals surface area contributed by atoms with Crippen molar-refractivity contribution in [3.05, 3.63) is 34.9 Å². The standard InChI is InChI=1S/C15H20N2O.ClH/c1-10-4-3-5-11(2)14(10)15(18)17-8-12-6-16-7-13(12)9-17;/h3-5,12-13,16H,6-9H2,1-2H3;1H/t12-,13+;. The second-order valence-corrected chi connectivity index (χ2v) is 5.66. The fourth-order valence-electron chi connectivity index (χ4n) is 3.33. The molecule has 2 atom stereocenters. The Morgan fingerprint density at radius 1 is 1.16 bits per heavy atom. The Morgan fingerprint density at radius 2 is 1.68 bits per heavy atom. The quantitative estimate of drug-likeness (QED) is 0.854. The van der Waals surface area contributed by atoms with E-state index in [1.807, 2.05) is 36.9 Å². The number of carbonyl (C=O) groups is 1. The molecular weight excluding hydrogens is 260 g/mol. The highest BCUT2D eigenvalue weighted by molar-refractivity contribution is 5.97. The van der Waals surface area contributed by atoms with Crippen molar-refractivity contribution in [1.82, 2.24) is 10.2 Å². The number of hydrogen-bond acceptors (Lipinski definition) is 2. The summed E-state index contributed by atoms with van der Waals surface area (Å²) in [5, 5.41) is 3.41. The highest BCUT2D eigenvalue weighted by atomic mass is 35.5. The molecule has 1 aromatic carbocycles. The second-order valence-electron chi connectivity index (χ2n) is 5.66. The first kappa shape index (κ1) is 14.4. The molecule has 4 heteroatoms. The van der Waals surface area contributed by atoms with Gasteiger partial charge in [0.05, 0.1) is 0 Å². The summed E-state index contributed by atoms with van der Waals surface area (Å²) in [5.41, 5.74) is 3.09. The zero-order valence-electron chi connectivity index (χ0n) is 11.5. The van der Waals surface area contributed by atoms with E-state index in [-0.39, 0.29) is 18.3 Å². The third-order valence-corrected chi connectivity index (χ3v) is 4.37. The van der Waals surface area contributed by atoms with Gasteiger partial charge in [-0.1, -0.05) is 18.2 Å². The number of amides is 1. The topological polar surface area (TPSA) is 32.3 Å². The van der Waals surface area contributed by atoms with Crippen LogP contribution in [0.3, 0.4) is 0 Å². The molecule has 1 amide bonds. The van der Waals surface area contributed by atoms with Gasteiger partial charge in [0, 0.05) is 31.7 Å². The summed E-state index contributed by atoms with van der Waals surface area (Å²) in [5.74, 6) is 1.55. The number of benzene rings is 1.